The minimum absolute atomic E-state index is 0.156. The Morgan fingerprint density at radius 3 is 2.56 bits per heavy atom. The molecule has 176 valence electrons. The highest BCUT2D eigenvalue weighted by molar-refractivity contribution is 7.10. The van der Waals surface area contributed by atoms with Crippen LogP contribution in [0.1, 0.15) is 16.9 Å². The lowest BCUT2D eigenvalue weighted by Gasteiger charge is -2.21. The Bertz CT molecular complexity index is 1210. The quantitative estimate of drug-likeness (QED) is 0.438. The van der Waals surface area contributed by atoms with Gasteiger partial charge in [-0.25, -0.2) is 9.69 Å². The van der Waals surface area contributed by atoms with Gasteiger partial charge in [-0.3, -0.25) is 9.59 Å². The molecule has 4 rings (SSSR count). The van der Waals surface area contributed by atoms with E-state index >= 15 is 0 Å². The number of rotatable bonds is 8. The Balaban J connectivity index is 1.55. The van der Waals surface area contributed by atoms with Crippen molar-refractivity contribution in [3.8, 4) is 5.75 Å². The maximum atomic E-state index is 13.4. The van der Waals surface area contributed by atoms with E-state index in [4.69, 9.17) is 16.3 Å². The molecule has 0 saturated carbocycles. The van der Waals surface area contributed by atoms with Gasteiger partial charge in [0.25, 0.3) is 5.91 Å². The van der Waals surface area contributed by atoms with Crippen LogP contribution in [-0.4, -0.2) is 42.4 Å². The van der Waals surface area contributed by atoms with E-state index in [-0.39, 0.29) is 12.3 Å². The minimum Gasteiger partial charge on any atom is -0.497 e. The first-order valence-corrected chi connectivity index (χ1v) is 12.0. The molecule has 1 aliphatic rings. The van der Waals surface area contributed by atoms with Crippen LogP contribution in [0.4, 0.5) is 16.2 Å². The highest BCUT2D eigenvalue weighted by Gasteiger charge is 2.46. The topological polar surface area (TPSA) is 79.0 Å². The van der Waals surface area contributed by atoms with Crippen LogP contribution in [0.2, 0.25) is 5.02 Å². The van der Waals surface area contributed by atoms with E-state index in [0.717, 1.165) is 15.3 Å². The van der Waals surface area contributed by atoms with Gasteiger partial charge in [0.05, 0.1) is 19.2 Å². The van der Waals surface area contributed by atoms with Crippen molar-refractivity contribution >= 4 is 52.2 Å². The normalized spacial score (nSPS) is 15.7. The van der Waals surface area contributed by atoms with E-state index in [2.05, 4.69) is 5.32 Å². The third-order valence-electron chi connectivity index (χ3n) is 5.69. The summed E-state index contributed by atoms with van der Waals surface area (Å²) in [5.41, 5.74) is 2.11. The summed E-state index contributed by atoms with van der Waals surface area (Å²) >= 11 is 7.71. The van der Waals surface area contributed by atoms with Gasteiger partial charge in [0.15, 0.2) is 0 Å². The molecule has 9 heteroatoms. The van der Waals surface area contributed by atoms with E-state index in [9.17, 15) is 14.4 Å². The zero-order valence-corrected chi connectivity index (χ0v) is 20.4. The average Bonchev–Trinajstić information content (AvgIpc) is 3.32. The minimum atomic E-state index is -0.912. The maximum Gasteiger partial charge on any atom is 0.332 e. The first kappa shape index (κ1) is 23.8. The van der Waals surface area contributed by atoms with Crippen molar-refractivity contribution in [1.29, 1.82) is 0 Å². The van der Waals surface area contributed by atoms with Crippen LogP contribution in [0, 0.1) is 6.92 Å². The molecule has 34 heavy (non-hydrogen) atoms. The number of thiophene rings is 1. The molecule has 7 nitrogen and oxygen atoms in total. The summed E-state index contributed by atoms with van der Waals surface area (Å²) in [4.78, 5) is 43.3. The molecule has 0 spiro atoms. The number of benzene rings is 2. The highest BCUT2D eigenvalue weighted by atomic mass is 35.5. The lowest BCUT2D eigenvalue weighted by Crippen LogP contribution is -2.39. The van der Waals surface area contributed by atoms with Crippen molar-refractivity contribution in [3.05, 3.63) is 75.4 Å². The van der Waals surface area contributed by atoms with Crippen LogP contribution in [0.25, 0.3) is 0 Å². The predicted molar refractivity (Wildman–Crippen MR) is 134 cm³/mol. The number of nitrogens with one attached hydrogen (secondary N) is 1. The monoisotopic (exact) mass is 497 g/mol. The fourth-order valence-electron chi connectivity index (χ4n) is 3.88. The summed E-state index contributed by atoms with van der Waals surface area (Å²) in [5.74, 6) is -0.136. The lowest BCUT2D eigenvalue weighted by molar-refractivity contribution is -0.124. The lowest BCUT2D eigenvalue weighted by atomic mass is 10.1. The van der Waals surface area contributed by atoms with E-state index in [1.807, 2.05) is 18.4 Å². The molecule has 0 aliphatic carbocycles. The summed E-state index contributed by atoms with van der Waals surface area (Å²) in [7, 11) is 1.56. The van der Waals surface area contributed by atoms with Gasteiger partial charge in [0.2, 0.25) is 5.91 Å². The van der Waals surface area contributed by atoms with Gasteiger partial charge in [-0.2, -0.15) is 0 Å². The number of nitrogens with zero attached hydrogens (tertiary/aromatic N) is 2. The van der Waals surface area contributed by atoms with Crippen molar-refractivity contribution in [1.82, 2.24) is 4.90 Å². The van der Waals surface area contributed by atoms with Crippen LogP contribution < -0.4 is 15.0 Å². The molecular weight excluding hydrogens is 474 g/mol. The van der Waals surface area contributed by atoms with E-state index in [1.54, 1.807) is 67.0 Å². The third kappa shape index (κ3) is 5.08. The molecule has 3 aromatic rings. The summed E-state index contributed by atoms with van der Waals surface area (Å²) in [6.45, 7) is 2.34. The summed E-state index contributed by atoms with van der Waals surface area (Å²) in [6.07, 6.45) is 0.444. The Morgan fingerprint density at radius 1 is 1.15 bits per heavy atom. The van der Waals surface area contributed by atoms with Crippen molar-refractivity contribution < 1.29 is 19.1 Å². The van der Waals surface area contributed by atoms with Crippen LogP contribution >= 0.6 is 22.9 Å². The van der Waals surface area contributed by atoms with Crippen LogP contribution in [-0.2, 0) is 16.0 Å². The molecule has 0 unspecified atom stereocenters. The zero-order chi connectivity index (χ0) is 24.2. The van der Waals surface area contributed by atoms with E-state index in [1.165, 1.54) is 4.90 Å². The number of hydrogen-bond acceptors (Lipinski definition) is 5. The van der Waals surface area contributed by atoms with Gasteiger partial charge in [-0.15, -0.1) is 11.3 Å². The molecule has 1 N–H and O–H groups in total. The van der Waals surface area contributed by atoms with Crippen LogP contribution in [0.15, 0.2) is 60.0 Å². The Morgan fingerprint density at radius 2 is 1.91 bits per heavy atom. The standard InChI is InChI=1S/C25H24ClN3O4S/c1-16-11-13-34-22(16)10-12-28-21(15-23(30)27-18-6-8-20(33-2)9-7-18)24(31)29(25(28)32)19-5-3-4-17(26)14-19/h3-9,11,13-14,21H,10,12,15H2,1-2H3,(H,27,30)/t21-/m0/s1. The molecule has 2 heterocycles. The van der Waals surface area contributed by atoms with E-state index < -0.39 is 18.0 Å². The smallest absolute Gasteiger partial charge is 0.332 e. The van der Waals surface area contributed by atoms with Gasteiger partial charge in [0.1, 0.15) is 11.8 Å². The van der Waals surface area contributed by atoms with Gasteiger partial charge < -0.3 is 15.0 Å². The van der Waals surface area contributed by atoms with Gasteiger partial charge in [-0.1, -0.05) is 17.7 Å². The van der Waals surface area contributed by atoms with E-state index in [0.29, 0.717) is 35.1 Å². The Kier molecular flexibility index (Phi) is 7.19. The fraction of sp³-hybridized carbons (Fsp3) is 0.240. The Hall–Kier alpha value is -3.36. The SMILES string of the molecule is COc1ccc(NC(=O)C[C@H]2C(=O)N(c3cccc(Cl)c3)C(=O)N2CCc2sccc2C)cc1. The summed E-state index contributed by atoms with van der Waals surface area (Å²) < 4.78 is 5.13. The number of carbonyl (C=O) groups excluding carboxylic acids is 3. The number of anilines is 2. The van der Waals surface area contributed by atoms with Crippen LogP contribution in [0.5, 0.6) is 5.75 Å². The molecular formula is C25H24ClN3O4S. The van der Waals surface area contributed by atoms with Crippen molar-refractivity contribution in [2.75, 3.05) is 23.9 Å². The van der Waals surface area contributed by atoms with Crippen molar-refractivity contribution in [2.45, 2.75) is 25.8 Å². The first-order chi connectivity index (χ1) is 16.4. The number of hydrogen-bond donors (Lipinski definition) is 1. The molecule has 1 atom stereocenters. The molecule has 0 radical (unpaired) electrons. The number of amides is 4. The number of carbonyl (C=O) groups is 3. The molecule has 1 aliphatic heterocycles. The fourth-order valence-corrected chi connectivity index (χ4v) is 4.97. The van der Waals surface area contributed by atoms with Gasteiger partial charge >= 0.3 is 6.03 Å². The zero-order valence-electron chi connectivity index (χ0n) is 18.8. The Labute approximate surface area is 206 Å². The molecule has 2 aromatic carbocycles. The molecule has 1 fully saturated rings. The van der Waals surface area contributed by atoms with Crippen molar-refractivity contribution in [2.24, 2.45) is 0 Å². The predicted octanol–water partition coefficient (Wildman–Crippen LogP) is 5.13. The molecule has 1 aromatic heterocycles. The molecule has 1 saturated heterocycles. The number of urea groups is 1. The second-order valence-electron chi connectivity index (χ2n) is 7.90. The number of ether oxygens (including phenoxy) is 1. The van der Waals surface area contributed by atoms with Gasteiger partial charge in [0, 0.05) is 22.1 Å². The molecule has 0 bridgehead atoms. The van der Waals surface area contributed by atoms with Crippen molar-refractivity contribution in [3.63, 3.8) is 0 Å². The summed E-state index contributed by atoms with van der Waals surface area (Å²) in [6, 6.07) is 14.1. The van der Waals surface area contributed by atoms with Crippen LogP contribution in [0.3, 0.4) is 0 Å². The number of aryl methyl sites for hydroxylation is 1. The second-order valence-corrected chi connectivity index (χ2v) is 9.34. The number of imide groups is 1. The van der Waals surface area contributed by atoms with Gasteiger partial charge in [-0.05, 0) is 72.8 Å². The average molecular weight is 498 g/mol. The first-order valence-electron chi connectivity index (χ1n) is 10.7. The highest BCUT2D eigenvalue weighted by Crippen LogP contribution is 2.30. The molecule has 4 amide bonds. The number of halogens is 1. The summed E-state index contributed by atoms with van der Waals surface area (Å²) in [5, 5.41) is 5.21. The second kappa shape index (κ2) is 10.3. The third-order valence-corrected chi connectivity index (χ3v) is 7.00. The largest absolute Gasteiger partial charge is 0.497 e. The number of methoxy groups -OCH3 is 1. The maximum absolute atomic E-state index is 13.4.